The highest BCUT2D eigenvalue weighted by Crippen LogP contribution is 2.29. The van der Waals surface area contributed by atoms with Gasteiger partial charge in [-0.1, -0.05) is 36.4 Å². The molecule has 33 heavy (non-hydrogen) atoms. The number of hydrogen-bond donors (Lipinski definition) is 2. The van der Waals surface area contributed by atoms with Gasteiger partial charge in [0.15, 0.2) is 0 Å². The van der Waals surface area contributed by atoms with E-state index in [1.807, 2.05) is 64.3 Å². The van der Waals surface area contributed by atoms with E-state index in [9.17, 15) is 9.59 Å². The number of aryl methyl sites for hydroxylation is 2. The third-order valence-electron chi connectivity index (χ3n) is 5.27. The number of nitrogens with one attached hydrogen (secondary N) is 2. The third kappa shape index (κ3) is 6.67. The number of hydrogen-bond acceptors (Lipinski definition) is 4. The SMILES string of the molecule is Cc1ccccc1C(=O)Nc1ccc(OCCCN(C)C)c(NC(=O)c2ccccc2C)c1. The van der Waals surface area contributed by atoms with Gasteiger partial charge in [0.2, 0.25) is 0 Å². The molecule has 0 atom stereocenters. The Kier molecular flexibility index (Phi) is 8.22. The van der Waals surface area contributed by atoms with Gasteiger partial charge in [-0.05, 0) is 75.8 Å². The molecule has 0 fully saturated rings. The second kappa shape index (κ2) is 11.3. The molecule has 2 amide bonds. The molecule has 0 aliphatic heterocycles. The summed E-state index contributed by atoms with van der Waals surface area (Å²) in [6, 6.07) is 20.1. The van der Waals surface area contributed by atoms with Crippen LogP contribution in [0.2, 0.25) is 0 Å². The van der Waals surface area contributed by atoms with E-state index in [-0.39, 0.29) is 11.8 Å². The van der Waals surface area contributed by atoms with Crippen LogP contribution >= 0.6 is 0 Å². The molecule has 172 valence electrons. The fourth-order valence-corrected chi connectivity index (χ4v) is 3.44. The van der Waals surface area contributed by atoms with E-state index in [0.29, 0.717) is 34.9 Å². The number of anilines is 2. The van der Waals surface area contributed by atoms with E-state index in [4.69, 9.17) is 4.74 Å². The number of nitrogens with zero attached hydrogens (tertiary/aromatic N) is 1. The van der Waals surface area contributed by atoms with Crippen LogP contribution < -0.4 is 15.4 Å². The zero-order valence-corrected chi connectivity index (χ0v) is 19.6. The first-order chi connectivity index (χ1) is 15.8. The lowest BCUT2D eigenvalue weighted by Gasteiger charge is -2.16. The number of ether oxygens (including phenoxy) is 1. The standard InChI is InChI=1S/C27H31N3O3/c1-19-10-5-7-12-22(19)26(31)28-21-14-15-25(33-17-9-16-30(3)4)24(18-21)29-27(32)23-13-8-6-11-20(23)2/h5-8,10-15,18H,9,16-17H2,1-4H3,(H,28,31)(H,29,32). The van der Waals surface area contributed by atoms with E-state index < -0.39 is 0 Å². The van der Waals surface area contributed by atoms with Gasteiger partial charge in [-0.25, -0.2) is 0 Å². The quantitative estimate of drug-likeness (QED) is 0.448. The summed E-state index contributed by atoms with van der Waals surface area (Å²) in [4.78, 5) is 27.8. The normalized spacial score (nSPS) is 10.7. The summed E-state index contributed by atoms with van der Waals surface area (Å²) >= 11 is 0. The van der Waals surface area contributed by atoms with Crippen LogP contribution in [0.4, 0.5) is 11.4 Å². The Morgan fingerprint density at radius 2 is 1.39 bits per heavy atom. The second-order valence-corrected chi connectivity index (χ2v) is 8.25. The van der Waals surface area contributed by atoms with Crippen LogP contribution in [0.5, 0.6) is 5.75 Å². The molecule has 0 bridgehead atoms. The molecule has 2 N–H and O–H groups in total. The molecule has 3 rings (SSSR count). The molecule has 0 spiro atoms. The largest absolute Gasteiger partial charge is 0.491 e. The zero-order chi connectivity index (χ0) is 23.8. The highest BCUT2D eigenvalue weighted by Gasteiger charge is 2.15. The Morgan fingerprint density at radius 3 is 1.97 bits per heavy atom. The lowest BCUT2D eigenvalue weighted by atomic mass is 10.1. The lowest BCUT2D eigenvalue weighted by molar-refractivity contribution is 0.101. The molecule has 6 nitrogen and oxygen atoms in total. The molecule has 3 aromatic rings. The van der Waals surface area contributed by atoms with Crippen molar-refractivity contribution in [3.63, 3.8) is 0 Å². The molecular formula is C27H31N3O3. The van der Waals surface area contributed by atoms with Crippen LogP contribution in [0.3, 0.4) is 0 Å². The van der Waals surface area contributed by atoms with Crippen molar-refractivity contribution in [2.75, 3.05) is 37.9 Å². The van der Waals surface area contributed by atoms with Gasteiger partial charge < -0.3 is 20.3 Å². The fraction of sp³-hybridized carbons (Fsp3) is 0.259. The van der Waals surface area contributed by atoms with Crippen molar-refractivity contribution in [3.8, 4) is 5.75 Å². The molecule has 0 saturated carbocycles. The van der Waals surface area contributed by atoms with Crippen LogP contribution in [0.1, 0.15) is 38.3 Å². The number of carbonyl (C=O) groups is 2. The predicted octanol–water partition coefficient (Wildman–Crippen LogP) is 5.14. The number of rotatable bonds is 9. The van der Waals surface area contributed by atoms with Gasteiger partial charge in [-0.15, -0.1) is 0 Å². The highest BCUT2D eigenvalue weighted by atomic mass is 16.5. The molecule has 0 saturated heterocycles. The molecule has 3 aromatic carbocycles. The minimum absolute atomic E-state index is 0.205. The Bertz CT molecular complexity index is 1130. The van der Waals surface area contributed by atoms with Crippen molar-refractivity contribution < 1.29 is 14.3 Å². The molecule has 0 aromatic heterocycles. The lowest BCUT2D eigenvalue weighted by Crippen LogP contribution is -2.17. The van der Waals surface area contributed by atoms with Gasteiger partial charge in [0, 0.05) is 23.4 Å². The first-order valence-corrected chi connectivity index (χ1v) is 11.0. The summed E-state index contributed by atoms with van der Waals surface area (Å²) < 4.78 is 5.96. The average molecular weight is 446 g/mol. The Morgan fingerprint density at radius 1 is 0.818 bits per heavy atom. The number of benzene rings is 3. The monoisotopic (exact) mass is 445 g/mol. The van der Waals surface area contributed by atoms with Gasteiger partial charge in [0.1, 0.15) is 5.75 Å². The van der Waals surface area contributed by atoms with E-state index in [1.54, 1.807) is 30.3 Å². The third-order valence-corrected chi connectivity index (χ3v) is 5.27. The van der Waals surface area contributed by atoms with Gasteiger partial charge in [0.25, 0.3) is 11.8 Å². The van der Waals surface area contributed by atoms with Crippen molar-refractivity contribution in [3.05, 3.63) is 89.0 Å². The molecular weight excluding hydrogens is 414 g/mol. The van der Waals surface area contributed by atoms with Crippen molar-refractivity contribution in [1.29, 1.82) is 0 Å². The molecule has 0 aliphatic carbocycles. The minimum atomic E-state index is -0.228. The average Bonchev–Trinajstić information content (AvgIpc) is 2.78. The number of carbonyl (C=O) groups excluding carboxylic acids is 2. The Hall–Kier alpha value is -3.64. The molecule has 0 radical (unpaired) electrons. The van der Waals surface area contributed by atoms with E-state index in [0.717, 1.165) is 24.1 Å². The molecule has 0 heterocycles. The first-order valence-electron chi connectivity index (χ1n) is 11.0. The van der Waals surface area contributed by atoms with Crippen molar-refractivity contribution >= 4 is 23.2 Å². The Balaban J connectivity index is 1.82. The van der Waals surface area contributed by atoms with Crippen LogP contribution in [0.15, 0.2) is 66.7 Å². The van der Waals surface area contributed by atoms with Gasteiger partial charge >= 0.3 is 0 Å². The van der Waals surface area contributed by atoms with E-state index in [1.165, 1.54) is 0 Å². The maximum absolute atomic E-state index is 12.9. The summed E-state index contributed by atoms with van der Waals surface area (Å²) in [6.45, 7) is 5.20. The summed E-state index contributed by atoms with van der Waals surface area (Å²) in [7, 11) is 4.03. The van der Waals surface area contributed by atoms with Crippen LogP contribution in [-0.4, -0.2) is 44.0 Å². The second-order valence-electron chi connectivity index (χ2n) is 8.25. The van der Waals surface area contributed by atoms with E-state index in [2.05, 4.69) is 15.5 Å². The molecule has 6 heteroatoms. The summed E-state index contributed by atoms with van der Waals surface area (Å²) in [5.41, 5.74) is 4.05. The van der Waals surface area contributed by atoms with Crippen LogP contribution in [-0.2, 0) is 0 Å². The van der Waals surface area contributed by atoms with Gasteiger partial charge in [-0.3, -0.25) is 9.59 Å². The predicted molar refractivity (Wildman–Crippen MR) is 133 cm³/mol. The summed E-state index contributed by atoms with van der Waals surface area (Å²) in [5.74, 6) is 0.127. The van der Waals surface area contributed by atoms with Gasteiger partial charge in [0.05, 0.1) is 12.3 Å². The summed E-state index contributed by atoms with van der Waals surface area (Å²) in [5, 5.41) is 5.88. The zero-order valence-electron chi connectivity index (χ0n) is 19.6. The molecule has 0 aliphatic rings. The molecule has 0 unspecified atom stereocenters. The number of amides is 2. The fourth-order valence-electron chi connectivity index (χ4n) is 3.44. The Labute approximate surface area is 195 Å². The smallest absolute Gasteiger partial charge is 0.256 e. The highest BCUT2D eigenvalue weighted by molar-refractivity contribution is 6.08. The maximum Gasteiger partial charge on any atom is 0.256 e. The van der Waals surface area contributed by atoms with Gasteiger partial charge in [-0.2, -0.15) is 0 Å². The van der Waals surface area contributed by atoms with Crippen molar-refractivity contribution in [1.82, 2.24) is 4.90 Å². The van der Waals surface area contributed by atoms with E-state index >= 15 is 0 Å². The van der Waals surface area contributed by atoms with Crippen LogP contribution in [0.25, 0.3) is 0 Å². The summed E-state index contributed by atoms with van der Waals surface area (Å²) in [6.07, 6.45) is 0.851. The first kappa shape index (κ1) is 24.0. The topological polar surface area (TPSA) is 70.7 Å². The van der Waals surface area contributed by atoms with Crippen LogP contribution in [0, 0.1) is 13.8 Å². The minimum Gasteiger partial charge on any atom is -0.491 e. The van der Waals surface area contributed by atoms with Crippen molar-refractivity contribution in [2.45, 2.75) is 20.3 Å². The maximum atomic E-state index is 12.9. The van der Waals surface area contributed by atoms with Crippen molar-refractivity contribution in [2.24, 2.45) is 0 Å².